The van der Waals surface area contributed by atoms with E-state index >= 15 is 0 Å². The molecule has 3 aromatic carbocycles. The van der Waals surface area contributed by atoms with Gasteiger partial charge in [-0.05, 0) is 0 Å². The molecule has 1 aliphatic heterocycles. The Hall–Kier alpha value is -2.11. The predicted molar refractivity (Wildman–Crippen MR) is 112 cm³/mol. The second kappa shape index (κ2) is 6.75. The average molecular weight is 474 g/mol. The summed E-state index contributed by atoms with van der Waals surface area (Å²) in [5.74, 6) is 0. The fourth-order valence-electron chi connectivity index (χ4n) is 3.53. The van der Waals surface area contributed by atoms with Crippen LogP contribution in [0, 0.1) is 0 Å². The van der Waals surface area contributed by atoms with E-state index in [1.807, 2.05) is 77.4 Å². The van der Waals surface area contributed by atoms with Crippen LogP contribution in [0.15, 0.2) is 78.0 Å². The van der Waals surface area contributed by atoms with Crippen LogP contribution >= 0.6 is 11.6 Å². The molecular formula is C21H15ClN2O2SSe. The molecule has 4 nitrogen and oxygen atoms in total. The van der Waals surface area contributed by atoms with Crippen LogP contribution in [0.3, 0.4) is 0 Å². The predicted octanol–water partition coefficient (Wildman–Crippen LogP) is 3.55. The summed E-state index contributed by atoms with van der Waals surface area (Å²) in [6, 6.07) is 22.8. The zero-order valence-corrected chi connectivity index (χ0v) is 17.9. The van der Waals surface area contributed by atoms with Crippen molar-refractivity contribution in [3.8, 4) is 0 Å². The van der Waals surface area contributed by atoms with Gasteiger partial charge in [0, 0.05) is 0 Å². The van der Waals surface area contributed by atoms with Gasteiger partial charge in [0.2, 0.25) is 0 Å². The van der Waals surface area contributed by atoms with Crippen molar-refractivity contribution >= 4 is 51.9 Å². The third kappa shape index (κ3) is 2.88. The van der Waals surface area contributed by atoms with Crippen molar-refractivity contribution in [2.45, 2.75) is 15.8 Å². The third-order valence-corrected chi connectivity index (χ3v) is 11.0. The Bertz CT molecular complexity index is 1300. The molecule has 0 spiro atoms. The molecule has 0 bridgehead atoms. The number of hydrogen-bond acceptors (Lipinski definition) is 3. The topological polar surface area (TPSA) is 52.0 Å². The molecule has 5 rings (SSSR count). The number of benzene rings is 3. The number of nitrogens with zero attached hydrogens (tertiary/aromatic N) is 2. The Labute approximate surface area is 174 Å². The number of para-hydroxylation sites is 2. The summed E-state index contributed by atoms with van der Waals surface area (Å²) in [4.78, 5) is 4.52. The van der Waals surface area contributed by atoms with Crippen LogP contribution in [0.25, 0.3) is 11.0 Å². The molecule has 4 aromatic rings. The van der Waals surface area contributed by atoms with Gasteiger partial charge >= 0.3 is 175 Å². The normalized spacial score (nSPS) is 17.7. The van der Waals surface area contributed by atoms with Crippen molar-refractivity contribution in [3.05, 3.63) is 88.9 Å². The maximum atomic E-state index is 13.7. The number of hydrogen-bond donors (Lipinski definition) is 0. The molecule has 1 aromatic heterocycles. The van der Waals surface area contributed by atoms with E-state index in [-0.39, 0.29) is 20.1 Å². The van der Waals surface area contributed by atoms with Gasteiger partial charge in [-0.15, -0.1) is 0 Å². The summed E-state index contributed by atoms with van der Waals surface area (Å²) in [6.07, 6.45) is 0. The van der Waals surface area contributed by atoms with Crippen molar-refractivity contribution in [1.29, 1.82) is 0 Å². The van der Waals surface area contributed by atoms with Crippen LogP contribution in [-0.2, 0) is 16.4 Å². The first-order chi connectivity index (χ1) is 13.5. The fourth-order valence-corrected chi connectivity index (χ4v) is 9.03. The van der Waals surface area contributed by atoms with E-state index in [0.717, 1.165) is 21.1 Å². The van der Waals surface area contributed by atoms with Crippen LogP contribution in [0.5, 0.6) is 0 Å². The van der Waals surface area contributed by atoms with E-state index in [2.05, 4.69) is 4.98 Å². The summed E-state index contributed by atoms with van der Waals surface area (Å²) in [5.41, 5.74) is 3.44. The van der Waals surface area contributed by atoms with E-state index in [9.17, 15) is 8.42 Å². The van der Waals surface area contributed by atoms with E-state index in [1.165, 1.54) is 0 Å². The Balaban J connectivity index is 1.74. The van der Waals surface area contributed by atoms with Gasteiger partial charge in [-0.3, -0.25) is 0 Å². The zero-order chi connectivity index (χ0) is 19.3. The molecule has 0 saturated carbocycles. The van der Waals surface area contributed by atoms with Crippen LogP contribution in [0.4, 0.5) is 0 Å². The first kappa shape index (κ1) is 18.0. The molecule has 1 aliphatic rings. The number of halogens is 1. The van der Waals surface area contributed by atoms with Gasteiger partial charge in [-0.2, -0.15) is 0 Å². The second-order valence-corrected chi connectivity index (χ2v) is 12.1. The van der Waals surface area contributed by atoms with Gasteiger partial charge < -0.3 is 0 Å². The van der Waals surface area contributed by atoms with Gasteiger partial charge in [0.25, 0.3) is 0 Å². The third-order valence-electron chi connectivity index (χ3n) is 4.85. The number of imidazole rings is 1. The van der Waals surface area contributed by atoms with Gasteiger partial charge in [-0.1, -0.05) is 0 Å². The average Bonchev–Trinajstić information content (AvgIpc) is 3.04. The van der Waals surface area contributed by atoms with E-state index in [1.54, 1.807) is 0 Å². The molecule has 0 N–H and O–H groups in total. The molecule has 0 aliphatic carbocycles. The van der Waals surface area contributed by atoms with E-state index < -0.39 is 14.0 Å². The Morgan fingerprint density at radius 2 is 1.68 bits per heavy atom. The van der Waals surface area contributed by atoms with Gasteiger partial charge in [0.05, 0.1) is 0 Å². The van der Waals surface area contributed by atoms with Crippen LogP contribution in [0.1, 0.15) is 15.3 Å². The van der Waals surface area contributed by atoms with Crippen LogP contribution in [0.2, 0.25) is 5.02 Å². The zero-order valence-electron chi connectivity index (χ0n) is 14.6. The second-order valence-electron chi connectivity index (χ2n) is 6.62. The Morgan fingerprint density at radius 3 is 2.50 bits per heavy atom. The van der Waals surface area contributed by atoms with Crippen molar-refractivity contribution in [2.75, 3.05) is 0 Å². The van der Waals surface area contributed by atoms with E-state index in [4.69, 9.17) is 11.6 Å². The maximum absolute atomic E-state index is 13.7. The molecule has 2 heterocycles. The summed E-state index contributed by atoms with van der Waals surface area (Å²) in [7, 11) is -3.66. The minimum atomic E-state index is -3.66. The van der Waals surface area contributed by atoms with Crippen molar-refractivity contribution in [3.63, 3.8) is 0 Å². The molecule has 1 unspecified atom stereocenters. The quantitative estimate of drug-likeness (QED) is 0.418. The van der Waals surface area contributed by atoms with Crippen LogP contribution in [-0.4, -0.2) is 32.9 Å². The monoisotopic (exact) mass is 474 g/mol. The first-order valence-electron chi connectivity index (χ1n) is 8.73. The SMILES string of the molecule is O=S1(=O)c2nc3ccccc3n2Cc2ccccc2C1[Se]c1ccc(Cl)cc1. The fraction of sp³-hybridized carbons (Fsp3) is 0.0952. The molecule has 0 amide bonds. The first-order valence-corrected chi connectivity index (χ1v) is 12.5. The number of sulfone groups is 1. The van der Waals surface area contributed by atoms with E-state index in [0.29, 0.717) is 17.1 Å². The summed E-state index contributed by atoms with van der Waals surface area (Å²) in [5, 5.41) is 0.802. The van der Waals surface area contributed by atoms with Crippen molar-refractivity contribution < 1.29 is 8.42 Å². The molecular weight excluding hydrogens is 459 g/mol. The van der Waals surface area contributed by atoms with Crippen LogP contribution < -0.4 is 4.46 Å². The van der Waals surface area contributed by atoms with Gasteiger partial charge in [0.1, 0.15) is 0 Å². The number of aromatic nitrogens is 2. The molecule has 0 fully saturated rings. The summed E-state index contributed by atoms with van der Waals surface area (Å²) < 4.78 is 29.7. The minimum absolute atomic E-state index is 0.158. The molecule has 0 radical (unpaired) electrons. The van der Waals surface area contributed by atoms with Gasteiger partial charge in [0.15, 0.2) is 0 Å². The molecule has 0 saturated heterocycles. The Kier molecular flexibility index (Phi) is 4.32. The van der Waals surface area contributed by atoms with Gasteiger partial charge in [-0.25, -0.2) is 0 Å². The Morgan fingerprint density at radius 1 is 0.964 bits per heavy atom. The van der Waals surface area contributed by atoms with Crippen molar-refractivity contribution in [2.24, 2.45) is 0 Å². The molecule has 140 valence electrons. The molecule has 28 heavy (non-hydrogen) atoms. The molecule has 7 heteroatoms. The summed E-state index contributed by atoms with van der Waals surface area (Å²) >= 11 is 5.68. The molecule has 1 atom stereocenters. The standard InChI is InChI=1S/C21H15ClN2O2SSe/c22-15-9-11-16(12-10-15)28-20-17-6-2-1-5-14(17)13-24-19-8-4-3-7-18(19)23-21(24)27(20,25)26/h1-12,20H,13H2. The number of fused-ring (bicyclic) bond motifs is 4. The van der Waals surface area contributed by atoms with Crippen molar-refractivity contribution in [1.82, 2.24) is 9.55 Å². The summed E-state index contributed by atoms with van der Waals surface area (Å²) in [6.45, 7) is 0.498. The number of rotatable bonds is 2.